The van der Waals surface area contributed by atoms with Crippen LogP contribution in [-0.2, 0) is 26.2 Å². The molecule has 10 nitrogen and oxygen atoms in total. The van der Waals surface area contributed by atoms with Crippen LogP contribution in [0.25, 0.3) is 0 Å². The van der Waals surface area contributed by atoms with Gasteiger partial charge in [0.2, 0.25) is 21.8 Å². The van der Waals surface area contributed by atoms with Gasteiger partial charge in [0.15, 0.2) is 0 Å². The Morgan fingerprint density at radius 3 is 2.31 bits per heavy atom. The lowest BCUT2D eigenvalue weighted by atomic mass is 10.1. The summed E-state index contributed by atoms with van der Waals surface area (Å²) in [7, 11) is -4.04. The molecule has 196 valence electrons. The number of nitro benzene ring substituents is 1. The van der Waals surface area contributed by atoms with Crippen LogP contribution in [0.3, 0.4) is 0 Å². The molecule has 0 aromatic heterocycles. The number of sulfonamides is 1. The highest BCUT2D eigenvalue weighted by Crippen LogP contribution is 2.28. The zero-order chi connectivity index (χ0) is 27.0. The summed E-state index contributed by atoms with van der Waals surface area (Å²) < 4.78 is 39.6. The first-order chi connectivity index (χ1) is 16.9. The number of hydrogen-bond donors (Lipinski definition) is 1. The van der Waals surface area contributed by atoms with Crippen LogP contribution < -0.4 is 9.62 Å². The first-order valence-corrected chi connectivity index (χ1v) is 13.3. The number of hydrogen-bond acceptors (Lipinski definition) is 6. The normalized spacial score (nSPS) is 12.0. The molecule has 2 rings (SSSR count). The molecular formula is C24H31FN4O6S. The van der Waals surface area contributed by atoms with Crippen molar-refractivity contribution < 1.29 is 27.3 Å². The Labute approximate surface area is 210 Å². The van der Waals surface area contributed by atoms with E-state index in [1.165, 1.54) is 41.3 Å². The van der Waals surface area contributed by atoms with Crippen molar-refractivity contribution in [1.29, 1.82) is 0 Å². The highest BCUT2D eigenvalue weighted by molar-refractivity contribution is 7.92. The number of nitrogens with zero attached hydrogens (tertiary/aromatic N) is 3. The van der Waals surface area contributed by atoms with Gasteiger partial charge in [-0.15, -0.1) is 0 Å². The van der Waals surface area contributed by atoms with E-state index in [0.717, 1.165) is 16.6 Å². The number of rotatable bonds is 12. The van der Waals surface area contributed by atoms with Crippen LogP contribution in [0.5, 0.6) is 0 Å². The molecule has 0 aliphatic rings. The second kappa shape index (κ2) is 12.4. The van der Waals surface area contributed by atoms with Gasteiger partial charge in [0.25, 0.3) is 5.69 Å². The van der Waals surface area contributed by atoms with E-state index in [0.29, 0.717) is 24.1 Å². The van der Waals surface area contributed by atoms with Gasteiger partial charge in [0, 0.05) is 25.2 Å². The molecule has 0 unspecified atom stereocenters. The van der Waals surface area contributed by atoms with Crippen LogP contribution in [0.1, 0.15) is 37.8 Å². The van der Waals surface area contributed by atoms with E-state index in [1.807, 2.05) is 6.92 Å². The SMILES string of the molecule is CCCNC(=O)[C@H](CC)N(Cc1ccc(F)cc1)C(=O)CN(c1cc([N+](=O)[O-])ccc1C)S(C)(=O)=O. The van der Waals surface area contributed by atoms with Crippen molar-refractivity contribution >= 4 is 33.2 Å². The molecule has 2 aromatic rings. The molecule has 1 atom stereocenters. The predicted molar refractivity (Wildman–Crippen MR) is 134 cm³/mol. The number of nitrogens with one attached hydrogen (secondary N) is 1. The Morgan fingerprint density at radius 2 is 1.78 bits per heavy atom. The number of halogens is 1. The van der Waals surface area contributed by atoms with Crippen LogP contribution in [0.15, 0.2) is 42.5 Å². The number of benzene rings is 2. The third kappa shape index (κ3) is 7.48. The molecule has 12 heteroatoms. The molecule has 1 N–H and O–H groups in total. The zero-order valence-corrected chi connectivity index (χ0v) is 21.5. The van der Waals surface area contributed by atoms with Crippen molar-refractivity contribution in [2.24, 2.45) is 0 Å². The fraction of sp³-hybridized carbons (Fsp3) is 0.417. The maximum absolute atomic E-state index is 13.6. The van der Waals surface area contributed by atoms with Gasteiger partial charge >= 0.3 is 0 Å². The lowest BCUT2D eigenvalue weighted by Gasteiger charge is -2.33. The van der Waals surface area contributed by atoms with E-state index in [-0.39, 0.29) is 24.3 Å². The minimum atomic E-state index is -4.04. The van der Waals surface area contributed by atoms with Crippen LogP contribution in [-0.4, -0.2) is 55.4 Å². The van der Waals surface area contributed by atoms with Crippen molar-refractivity contribution in [3.8, 4) is 0 Å². The molecule has 2 amide bonds. The Balaban J connectivity index is 2.50. The molecule has 0 fully saturated rings. The lowest BCUT2D eigenvalue weighted by molar-refractivity contribution is -0.384. The average molecular weight is 523 g/mol. The molecule has 0 spiro atoms. The number of nitro groups is 1. The van der Waals surface area contributed by atoms with Gasteiger partial charge in [0.1, 0.15) is 18.4 Å². The van der Waals surface area contributed by atoms with Gasteiger partial charge in [-0.2, -0.15) is 0 Å². The van der Waals surface area contributed by atoms with Crippen molar-refractivity contribution in [3.63, 3.8) is 0 Å². The summed E-state index contributed by atoms with van der Waals surface area (Å²) in [5.41, 5.74) is 0.621. The largest absolute Gasteiger partial charge is 0.354 e. The summed E-state index contributed by atoms with van der Waals surface area (Å²) in [6.07, 6.45) is 1.83. The molecule has 0 heterocycles. The Hall–Kier alpha value is -3.54. The van der Waals surface area contributed by atoms with E-state index < -0.39 is 45.2 Å². The molecule has 0 saturated carbocycles. The number of anilines is 1. The fourth-order valence-electron chi connectivity index (χ4n) is 3.65. The summed E-state index contributed by atoms with van der Waals surface area (Å²) in [5, 5.41) is 14.0. The van der Waals surface area contributed by atoms with E-state index in [9.17, 15) is 32.5 Å². The number of carbonyl (C=O) groups excluding carboxylic acids is 2. The van der Waals surface area contributed by atoms with Crippen molar-refractivity contribution in [1.82, 2.24) is 10.2 Å². The van der Waals surface area contributed by atoms with Crippen LogP contribution in [0, 0.1) is 22.9 Å². The fourth-order valence-corrected chi connectivity index (χ4v) is 4.55. The minimum Gasteiger partial charge on any atom is -0.354 e. The molecule has 2 aromatic carbocycles. The molecular weight excluding hydrogens is 491 g/mol. The summed E-state index contributed by atoms with van der Waals surface area (Å²) in [6.45, 7) is 4.83. The monoisotopic (exact) mass is 522 g/mol. The number of amides is 2. The summed E-state index contributed by atoms with van der Waals surface area (Å²) >= 11 is 0. The standard InChI is InChI=1S/C24H31FN4O6S/c1-5-13-26-24(31)21(6-2)27(15-18-8-10-19(25)11-9-18)23(30)16-28(36(4,34)35)22-14-20(29(32)33)12-7-17(22)3/h7-12,14,21H,5-6,13,15-16H2,1-4H3,(H,26,31)/t21-/m0/s1. The summed E-state index contributed by atoms with van der Waals surface area (Å²) in [4.78, 5) is 38.3. The zero-order valence-electron chi connectivity index (χ0n) is 20.7. The van der Waals surface area contributed by atoms with Crippen LogP contribution in [0.4, 0.5) is 15.8 Å². The van der Waals surface area contributed by atoms with E-state index in [4.69, 9.17) is 0 Å². The molecule has 0 saturated heterocycles. The minimum absolute atomic E-state index is 0.00901. The molecule has 0 bridgehead atoms. The summed E-state index contributed by atoms with van der Waals surface area (Å²) in [5.74, 6) is -1.55. The van der Waals surface area contributed by atoms with Gasteiger partial charge in [-0.05, 0) is 43.0 Å². The first kappa shape index (κ1) is 28.7. The topological polar surface area (TPSA) is 130 Å². The van der Waals surface area contributed by atoms with Crippen LogP contribution in [0.2, 0.25) is 0 Å². The summed E-state index contributed by atoms with van der Waals surface area (Å²) in [6, 6.07) is 8.24. The smallest absolute Gasteiger partial charge is 0.271 e. The highest BCUT2D eigenvalue weighted by Gasteiger charge is 2.32. The van der Waals surface area contributed by atoms with E-state index >= 15 is 0 Å². The molecule has 36 heavy (non-hydrogen) atoms. The number of non-ortho nitro benzene ring substituents is 1. The van der Waals surface area contributed by atoms with Crippen molar-refractivity contribution in [2.75, 3.05) is 23.7 Å². The van der Waals surface area contributed by atoms with Gasteiger partial charge in [-0.1, -0.05) is 32.0 Å². The highest BCUT2D eigenvalue weighted by atomic mass is 32.2. The van der Waals surface area contributed by atoms with Crippen molar-refractivity contribution in [3.05, 3.63) is 69.5 Å². The average Bonchev–Trinajstić information content (AvgIpc) is 2.81. The Kier molecular flexibility index (Phi) is 9.91. The van der Waals surface area contributed by atoms with Gasteiger partial charge in [-0.25, -0.2) is 12.8 Å². The molecule has 0 radical (unpaired) electrons. The third-order valence-corrected chi connectivity index (χ3v) is 6.68. The van der Waals surface area contributed by atoms with E-state index in [2.05, 4.69) is 5.32 Å². The van der Waals surface area contributed by atoms with Gasteiger partial charge < -0.3 is 10.2 Å². The third-order valence-electron chi connectivity index (χ3n) is 5.55. The lowest BCUT2D eigenvalue weighted by Crippen LogP contribution is -2.52. The second-order valence-electron chi connectivity index (χ2n) is 8.36. The van der Waals surface area contributed by atoms with E-state index in [1.54, 1.807) is 13.8 Å². The van der Waals surface area contributed by atoms with Gasteiger partial charge in [-0.3, -0.25) is 24.0 Å². The van der Waals surface area contributed by atoms with Gasteiger partial charge in [0.05, 0.1) is 16.9 Å². The Bertz CT molecular complexity index is 1200. The number of carbonyl (C=O) groups is 2. The molecule has 0 aliphatic carbocycles. The predicted octanol–water partition coefficient (Wildman–Crippen LogP) is 3.14. The second-order valence-corrected chi connectivity index (χ2v) is 10.3. The quantitative estimate of drug-likeness (QED) is 0.337. The maximum atomic E-state index is 13.6. The molecule has 0 aliphatic heterocycles. The first-order valence-electron chi connectivity index (χ1n) is 11.4. The van der Waals surface area contributed by atoms with Crippen molar-refractivity contribution in [2.45, 2.75) is 46.2 Å². The maximum Gasteiger partial charge on any atom is 0.271 e. The van der Waals surface area contributed by atoms with Crippen LogP contribution >= 0.6 is 0 Å². The number of aryl methyl sites for hydroxylation is 1. The Morgan fingerprint density at radius 1 is 1.14 bits per heavy atom.